The molecule has 0 amide bonds. The molecule has 0 atom stereocenters. The molecule has 1 saturated carbocycles. The van der Waals surface area contributed by atoms with Crippen LogP contribution in [0.2, 0.25) is 0 Å². The van der Waals surface area contributed by atoms with Gasteiger partial charge in [0.25, 0.3) is 0 Å². The predicted octanol–water partition coefficient (Wildman–Crippen LogP) is 2.26. The summed E-state index contributed by atoms with van der Waals surface area (Å²) in [6.45, 7) is 3.14. The number of hydrogen-bond donors (Lipinski definition) is 1. The molecular weight excluding hydrogens is 154 g/mol. The molecule has 0 aromatic rings. The van der Waals surface area contributed by atoms with Crippen molar-refractivity contribution in [3.63, 3.8) is 0 Å². The van der Waals surface area contributed by atoms with Gasteiger partial charge in [0.2, 0.25) is 0 Å². The maximum absolute atomic E-state index is 5.74. The van der Waals surface area contributed by atoms with Crippen LogP contribution >= 0.6 is 11.8 Å². The highest BCUT2D eigenvalue weighted by Crippen LogP contribution is 2.43. The first-order chi connectivity index (χ1) is 5.33. The third kappa shape index (κ3) is 2.38. The lowest BCUT2D eigenvalue weighted by Crippen LogP contribution is -2.37. The van der Waals surface area contributed by atoms with Gasteiger partial charge in [0.1, 0.15) is 0 Å². The maximum atomic E-state index is 5.74. The molecule has 0 radical (unpaired) electrons. The molecule has 2 N–H and O–H groups in total. The van der Waals surface area contributed by atoms with E-state index in [0.717, 1.165) is 6.54 Å². The summed E-state index contributed by atoms with van der Waals surface area (Å²) in [5.74, 6) is 2.56. The van der Waals surface area contributed by atoms with Gasteiger partial charge in [0, 0.05) is 0 Å². The minimum atomic E-state index is 0.572. The van der Waals surface area contributed by atoms with Gasteiger partial charge in [-0.1, -0.05) is 13.3 Å². The smallest absolute Gasteiger partial charge is 0.00202 e. The zero-order chi connectivity index (χ0) is 8.16. The Kier molecular flexibility index (Phi) is 3.73. The Labute approximate surface area is 74.1 Å². The van der Waals surface area contributed by atoms with Crippen molar-refractivity contribution in [3.8, 4) is 0 Å². The van der Waals surface area contributed by atoms with Gasteiger partial charge in [-0.2, -0.15) is 11.8 Å². The Bertz CT molecular complexity index is 105. The van der Waals surface area contributed by atoms with Crippen LogP contribution in [0.3, 0.4) is 0 Å². The zero-order valence-corrected chi connectivity index (χ0v) is 8.25. The van der Waals surface area contributed by atoms with Crippen LogP contribution in [0.5, 0.6) is 0 Å². The highest BCUT2D eigenvalue weighted by atomic mass is 32.2. The fraction of sp³-hybridized carbons (Fsp3) is 1.00. The van der Waals surface area contributed by atoms with Crippen LogP contribution in [-0.4, -0.2) is 18.1 Å². The lowest BCUT2D eigenvalue weighted by Gasteiger charge is -2.41. The molecule has 1 fully saturated rings. The summed E-state index contributed by atoms with van der Waals surface area (Å²) in [4.78, 5) is 0. The molecule has 66 valence electrons. The van der Waals surface area contributed by atoms with Gasteiger partial charge < -0.3 is 5.73 Å². The van der Waals surface area contributed by atoms with E-state index in [2.05, 4.69) is 6.92 Å². The summed E-state index contributed by atoms with van der Waals surface area (Å²) < 4.78 is 0. The SMILES string of the molecule is CCSCCC1(CN)CCC1. The van der Waals surface area contributed by atoms with Crippen molar-refractivity contribution in [2.45, 2.75) is 32.6 Å². The van der Waals surface area contributed by atoms with Crippen LogP contribution < -0.4 is 5.73 Å². The standard InChI is InChI=1S/C9H19NS/c1-2-11-7-6-9(8-10)4-3-5-9/h2-8,10H2,1H3. The van der Waals surface area contributed by atoms with Gasteiger partial charge >= 0.3 is 0 Å². The molecule has 1 aliphatic carbocycles. The fourth-order valence-electron chi connectivity index (χ4n) is 1.67. The third-order valence-electron chi connectivity index (χ3n) is 2.83. The molecule has 0 aromatic carbocycles. The second-order valence-corrected chi connectivity index (χ2v) is 4.90. The number of thioether (sulfide) groups is 1. The fourth-order valence-corrected chi connectivity index (χ4v) is 2.53. The molecule has 0 spiro atoms. The number of nitrogens with two attached hydrogens (primary N) is 1. The predicted molar refractivity (Wildman–Crippen MR) is 53.0 cm³/mol. The van der Waals surface area contributed by atoms with E-state index in [1.165, 1.54) is 37.2 Å². The minimum absolute atomic E-state index is 0.572. The van der Waals surface area contributed by atoms with Crippen molar-refractivity contribution >= 4 is 11.8 Å². The second-order valence-electron chi connectivity index (χ2n) is 3.50. The van der Waals surface area contributed by atoms with Gasteiger partial charge in [0.05, 0.1) is 0 Å². The average molecular weight is 173 g/mol. The van der Waals surface area contributed by atoms with Crippen LogP contribution in [-0.2, 0) is 0 Å². The van der Waals surface area contributed by atoms with E-state index >= 15 is 0 Å². The van der Waals surface area contributed by atoms with Gasteiger partial charge in [-0.15, -0.1) is 0 Å². The molecule has 0 aromatic heterocycles. The summed E-state index contributed by atoms with van der Waals surface area (Å²) in [6.07, 6.45) is 5.53. The molecule has 0 heterocycles. The van der Waals surface area contributed by atoms with E-state index in [1.54, 1.807) is 0 Å². The maximum Gasteiger partial charge on any atom is -0.00202 e. The van der Waals surface area contributed by atoms with E-state index in [4.69, 9.17) is 5.73 Å². The summed E-state index contributed by atoms with van der Waals surface area (Å²) >= 11 is 2.04. The van der Waals surface area contributed by atoms with Crippen molar-refractivity contribution in [3.05, 3.63) is 0 Å². The lowest BCUT2D eigenvalue weighted by molar-refractivity contribution is 0.140. The lowest BCUT2D eigenvalue weighted by atomic mass is 9.67. The molecule has 11 heavy (non-hydrogen) atoms. The Balaban J connectivity index is 2.11. The average Bonchev–Trinajstić information content (AvgIpc) is 1.95. The van der Waals surface area contributed by atoms with Crippen molar-refractivity contribution in [1.29, 1.82) is 0 Å². The molecule has 0 saturated heterocycles. The van der Waals surface area contributed by atoms with Gasteiger partial charge in [-0.3, -0.25) is 0 Å². The largest absolute Gasteiger partial charge is 0.330 e. The van der Waals surface area contributed by atoms with Gasteiger partial charge in [-0.25, -0.2) is 0 Å². The normalized spacial score (nSPS) is 21.3. The molecule has 0 aliphatic heterocycles. The molecule has 0 unspecified atom stereocenters. The van der Waals surface area contributed by atoms with Crippen LogP contribution in [0.1, 0.15) is 32.6 Å². The highest BCUT2D eigenvalue weighted by molar-refractivity contribution is 7.99. The first-order valence-electron chi connectivity index (χ1n) is 4.61. The van der Waals surface area contributed by atoms with Crippen molar-refractivity contribution in [2.75, 3.05) is 18.1 Å². The van der Waals surface area contributed by atoms with E-state index in [1.807, 2.05) is 11.8 Å². The first-order valence-corrected chi connectivity index (χ1v) is 5.76. The highest BCUT2D eigenvalue weighted by Gasteiger charge is 2.34. The van der Waals surface area contributed by atoms with Gasteiger partial charge in [-0.05, 0) is 42.7 Å². The topological polar surface area (TPSA) is 26.0 Å². The van der Waals surface area contributed by atoms with Crippen molar-refractivity contribution < 1.29 is 0 Å². The van der Waals surface area contributed by atoms with Crippen LogP contribution in [0.15, 0.2) is 0 Å². The minimum Gasteiger partial charge on any atom is -0.330 e. The second kappa shape index (κ2) is 4.36. The Morgan fingerprint density at radius 1 is 1.45 bits per heavy atom. The monoisotopic (exact) mass is 173 g/mol. The van der Waals surface area contributed by atoms with Crippen molar-refractivity contribution in [1.82, 2.24) is 0 Å². The quantitative estimate of drug-likeness (QED) is 0.645. The summed E-state index contributed by atoms with van der Waals surface area (Å²) in [6, 6.07) is 0. The number of hydrogen-bond acceptors (Lipinski definition) is 2. The Morgan fingerprint density at radius 2 is 2.18 bits per heavy atom. The zero-order valence-electron chi connectivity index (χ0n) is 7.44. The molecule has 0 bridgehead atoms. The van der Waals surface area contributed by atoms with E-state index in [-0.39, 0.29) is 0 Å². The number of rotatable bonds is 5. The van der Waals surface area contributed by atoms with E-state index < -0.39 is 0 Å². The molecule has 1 aliphatic rings. The molecule has 1 rings (SSSR count). The molecule has 1 nitrogen and oxygen atoms in total. The summed E-state index contributed by atoms with van der Waals surface area (Å²) in [5, 5.41) is 0. The first kappa shape index (κ1) is 9.40. The Morgan fingerprint density at radius 3 is 2.55 bits per heavy atom. The van der Waals surface area contributed by atoms with Crippen LogP contribution in [0.25, 0.3) is 0 Å². The summed E-state index contributed by atoms with van der Waals surface area (Å²) in [5.41, 5.74) is 6.31. The van der Waals surface area contributed by atoms with E-state index in [9.17, 15) is 0 Å². The van der Waals surface area contributed by atoms with Crippen LogP contribution in [0.4, 0.5) is 0 Å². The van der Waals surface area contributed by atoms with Gasteiger partial charge in [0.15, 0.2) is 0 Å². The molecule has 2 heteroatoms. The van der Waals surface area contributed by atoms with E-state index in [0.29, 0.717) is 5.41 Å². The Hall–Kier alpha value is 0.310. The summed E-state index contributed by atoms with van der Waals surface area (Å²) in [7, 11) is 0. The molecular formula is C9H19NS. The van der Waals surface area contributed by atoms with Crippen LogP contribution in [0, 0.1) is 5.41 Å². The van der Waals surface area contributed by atoms with Crippen molar-refractivity contribution in [2.24, 2.45) is 11.1 Å². The third-order valence-corrected chi connectivity index (χ3v) is 3.73.